The van der Waals surface area contributed by atoms with Crippen molar-refractivity contribution >= 4 is 27.5 Å². The van der Waals surface area contributed by atoms with Crippen molar-refractivity contribution in [2.75, 3.05) is 24.5 Å². The molecule has 1 aliphatic rings. The summed E-state index contributed by atoms with van der Waals surface area (Å²) in [5.41, 5.74) is 2.35. The van der Waals surface area contributed by atoms with E-state index in [0.717, 1.165) is 41.1 Å². The second kappa shape index (κ2) is 13.7. The number of hydrogen-bond acceptors (Lipinski definition) is 5. The largest absolute Gasteiger partial charge is 0.497 e. The Kier molecular flexibility index (Phi) is 10.0. The summed E-state index contributed by atoms with van der Waals surface area (Å²) in [5, 5.41) is 3.09. The Bertz CT molecular complexity index is 1400. The molecule has 0 aromatic heterocycles. The molecule has 218 valence electrons. The van der Waals surface area contributed by atoms with Crippen molar-refractivity contribution in [2.45, 2.75) is 62.9 Å². The number of ether oxygens (including phenoxy) is 1. The predicted molar refractivity (Wildman–Crippen MR) is 160 cm³/mol. The monoisotopic (exact) mass is 577 g/mol. The Hall–Kier alpha value is -3.85. The van der Waals surface area contributed by atoms with Crippen LogP contribution in [0.4, 0.5) is 5.69 Å². The minimum absolute atomic E-state index is 0.0366. The Morgan fingerprint density at radius 3 is 2.20 bits per heavy atom. The van der Waals surface area contributed by atoms with Crippen LogP contribution >= 0.6 is 0 Å². The van der Waals surface area contributed by atoms with Gasteiger partial charge in [0.1, 0.15) is 18.3 Å². The maximum Gasteiger partial charge on any atom is 0.264 e. The fourth-order valence-corrected chi connectivity index (χ4v) is 6.49. The standard InChI is InChI=1S/C32H39N3O5S/c1-24-13-15-28(16-14-24)35(41(38,39)30-19-17-29(40-3)18-20-30)23-31(36)34(22-21-26-9-5-4-6-10-26)25(2)32(37)33-27-11-7-8-12-27/h4-6,9-10,13-20,25,27H,7-8,11-12,21-23H2,1-3H3,(H,33,37). The van der Waals surface area contributed by atoms with Crippen molar-refractivity contribution in [3.05, 3.63) is 90.0 Å². The van der Waals surface area contributed by atoms with Crippen molar-refractivity contribution in [1.29, 1.82) is 0 Å². The van der Waals surface area contributed by atoms with Crippen LogP contribution in [0.25, 0.3) is 0 Å². The topological polar surface area (TPSA) is 96.0 Å². The van der Waals surface area contributed by atoms with Crippen molar-refractivity contribution in [3.63, 3.8) is 0 Å². The fraction of sp³-hybridized carbons (Fsp3) is 0.375. The smallest absolute Gasteiger partial charge is 0.264 e. The lowest BCUT2D eigenvalue weighted by Crippen LogP contribution is -2.53. The number of anilines is 1. The number of rotatable bonds is 12. The number of amides is 2. The third-order valence-electron chi connectivity index (χ3n) is 7.60. The molecule has 1 aliphatic carbocycles. The first kappa shape index (κ1) is 30.1. The van der Waals surface area contributed by atoms with Crippen molar-refractivity contribution < 1.29 is 22.7 Å². The van der Waals surface area contributed by atoms with Gasteiger partial charge in [0.05, 0.1) is 17.7 Å². The molecule has 0 aliphatic heterocycles. The number of carbonyl (C=O) groups excluding carboxylic acids is 2. The number of sulfonamides is 1. The molecule has 1 saturated carbocycles. The summed E-state index contributed by atoms with van der Waals surface area (Å²) in [6, 6.07) is 22.1. The highest BCUT2D eigenvalue weighted by atomic mass is 32.2. The molecule has 1 fully saturated rings. The van der Waals surface area contributed by atoms with Crippen LogP contribution < -0.4 is 14.4 Å². The van der Waals surface area contributed by atoms with Crippen LogP contribution in [-0.2, 0) is 26.0 Å². The van der Waals surface area contributed by atoms with Crippen LogP contribution in [-0.4, -0.2) is 57.4 Å². The molecule has 1 N–H and O–H groups in total. The van der Waals surface area contributed by atoms with Gasteiger partial charge < -0.3 is 15.0 Å². The van der Waals surface area contributed by atoms with E-state index in [1.807, 2.05) is 37.3 Å². The number of carbonyl (C=O) groups is 2. The van der Waals surface area contributed by atoms with E-state index < -0.39 is 28.5 Å². The van der Waals surface area contributed by atoms with Gasteiger partial charge in [0.25, 0.3) is 10.0 Å². The van der Waals surface area contributed by atoms with Gasteiger partial charge in [0.15, 0.2) is 0 Å². The predicted octanol–water partition coefficient (Wildman–Crippen LogP) is 4.72. The van der Waals surface area contributed by atoms with Crippen LogP contribution in [0, 0.1) is 6.92 Å². The van der Waals surface area contributed by atoms with Gasteiger partial charge in [0, 0.05) is 12.6 Å². The SMILES string of the molecule is COc1ccc(S(=O)(=O)N(CC(=O)N(CCc2ccccc2)C(C)C(=O)NC2CCCC2)c2ccc(C)cc2)cc1. The summed E-state index contributed by atoms with van der Waals surface area (Å²) in [6.45, 7) is 3.44. The molecule has 0 heterocycles. The molecule has 0 radical (unpaired) electrons. The second-order valence-electron chi connectivity index (χ2n) is 10.5. The zero-order valence-corrected chi connectivity index (χ0v) is 24.8. The molecule has 2 amide bonds. The van der Waals surface area contributed by atoms with Crippen LogP contribution in [0.2, 0.25) is 0 Å². The van der Waals surface area contributed by atoms with Gasteiger partial charge in [-0.15, -0.1) is 0 Å². The number of hydrogen-bond donors (Lipinski definition) is 1. The highest BCUT2D eigenvalue weighted by Crippen LogP contribution is 2.26. The average molecular weight is 578 g/mol. The summed E-state index contributed by atoms with van der Waals surface area (Å²) in [7, 11) is -2.61. The minimum atomic E-state index is -4.12. The van der Waals surface area contributed by atoms with Gasteiger partial charge in [0.2, 0.25) is 11.8 Å². The molecule has 3 aromatic carbocycles. The molecule has 4 rings (SSSR count). The van der Waals surface area contributed by atoms with Crippen LogP contribution in [0.3, 0.4) is 0 Å². The summed E-state index contributed by atoms with van der Waals surface area (Å²) >= 11 is 0. The molecule has 8 nitrogen and oxygen atoms in total. The van der Waals surface area contributed by atoms with Crippen molar-refractivity contribution in [2.24, 2.45) is 0 Å². The van der Waals surface area contributed by atoms with Crippen molar-refractivity contribution in [3.8, 4) is 5.75 Å². The number of aryl methyl sites for hydroxylation is 1. The maximum absolute atomic E-state index is 14.0. The molecule has 41 heavy (non-hydrogen) atoms. The summed E-state index contributed by atoms with van der Waals surface area (Å²) in [4.78, 5) is 28.8. The van der Waals surface area contributed by atoms with Gasteiger partial charge in [-0.25, -0.2) is 8.42 Å². The quantitative estimate of drug-likeness (QED) is 0.336. The fourth-order valence-electron chi connectivity index (χ4n) is 5.08. The van der Waals surface area contributed by atoms with E-state index in [9.17, 15) is 18.0 Å². The van der Waals surface area contributed by atoms with Crippen LogP contribution in [0.15, 0.2) is 83.8 Å². The van der Waals surface area contributed by atoms with Gasteiger partial charge in [-0.2, -0.15) is 0 Å². The van der Waals surface area contributed by atoms with E-state index in [-0.39, 0.29) is 23.4 Å². The Morgan fingerprint density at radius 1 is 0.951 bits per heavy atom. The maximum atomic E-state index is 14.0. The molecule has 1 atom stereocenters. The summed E-state index contributed by atoms with van der Waals surface area (Å²) in [5.74, 6) is -0.151. The third kappa shape index (κ3) is 7.67. The average Bonchev–Trinajstić information content (AvgIpc) is 3.50. The molecular weight excluding hydrogens is 538 g/mol. The van der Waals surface area contributed by atoms with Gasteiger partial charge >= 0.3 is 0 Å². The van der Waals surface area contributed by atoms with E-state index in [0.29, 0.717) is 17.9 Å². The zero-order chi connectivity index (χ0) is 29.4. The first-order valence-electron chi connectivity index (χ1n) is 14.1. The van der Waals surface area contributed by atoms with E-state index in [2.05, 4.69) is 5.32 Å². The first-order chi connectivity index (χ1) is 19.7. The first-order valence-corrected chi connectivity index (χ1v) is 15.5. The van der Waals surface area contributed by atoms with Gasteiger partial charge in [-0.3, -0.25) is 13.9 Å². The van der Waals surface area contributed by atoms with Crippen molar-refractivity contribution in [1.82, 2.24) is 10.2 Å². The molecule has 0 bridgehead atoms. The van der Waals surface area contributed by atoms with E-state index in [1.165, 1.54) is 24.1 Å². The van der Waals surface area contributed by atoms with E-state index in [1.54, 1.807) is 43.3 Å². The molecular formula is C32H39N3O5S. The van der Waals surface area contributed by atoms with Crippen LogP contribution in [0.5, 0.6) is 5.75 Å². The number of nitrogens with one attached hydrogen (secondary N) is 1. The third-order valence-corrected chi connectivity index (χ3v) is 9.39. The lowest BCUT2D eigenvalue weighted by molar-refractivity contribution is -0.139. The summed E-state index contributed by atoms with van der Waals surface area (Å²) in [6.07, 6.45) is 4.54. The number of methoxy groups -OCH3 is 1. The lowest BCUT2D eigenvalue weighted by atomic mass is 10.1. The molecule has 9 heteroatoms. The Balaban J connectivity index is 1.64. The normalized spacial score (nSPS) is 14.3. The minimum Gasteiger partial charge on any atom is -0.497 e. The lowest BCUT2D eigenvalue weighted by Gasteiger charge is -2.32. The highest BCUT2D eigenvalue weighted by molar-refractivity contribution is 7.92. The van der Waals surface area contributed by atoms with E-state index >= 15 is 0 Å². The van der Waals surface area contributed by atoms with E-state index in [4.69, 9.17) is 4.74 Å². The van der Waals surface area contributed by atoms with Gasteiger partial charge in [-0.05, 0) is 75.1 Å². The molecule has 3 aromatic rings. The number of nitrogens with zero attached hydrogens (tertiary/aromatic N) is 2. The molecule has 1 unspecified atom stereocenters. The molecule has 0 spiro atoms. The summed E-state index contributed by atoms with van der Waals surface area (Å²) < 4.78 is 34.2. The van der Waals surface area contributed by atoms with Gasteiger partial charge in [-0.1, -0.05) is 60.9 Å². The Labute approximate surface area is 243 Å². The second-order valence-corrected chi connectivity index (χ2v) is 12.4. The molecule has 0 saturated heterocycles. The highest BCUT2D eigenvalue weighted by Gasteiger charge is 2.33. The van der Waals surface area contributed by atoms with Crippen LogP contribution in [0.1, 0.15) is 43.7 Å². The zero-order valence-electron chi connectivity index (χ0n) is 24.0. The number of benzene rings is 3. The Morgan fingerprint density at radius 2 is 1.59 bits per heavy atom.